The van der Waals surface area contributed by atoms with Gasteiger partial charge in [0.05, 0.1) is 12.8 Å². The highest BCUT2D eigenvalue weighted by Gasteiger charge is 2.46. The molecule has 0 aliphatic carbocycles. The van der Waals surface area contributed by atoms with E-state index in [4.69, 9.17) is 10.5 Å². The monoisotopic (exact) mass is 342 g/mol. The zero-order valence-corrected chi connectivity index (χ0v) is 13.8. The van der Waals surface area contributed by atoms with E-state index in [1.165, 1.54) is 12.0 Å². The molecule has 9 heteroatoms. The van der Waals surface area contributed by atoms with E-state index in [1.807, 2.05) is 0 Å². The van der Waals surface area contributed by atoms with Crippen molar-refractivity contribution in [3.63, 3.8) is 0 Å². The van der Waals surface area contributed by atoms with Crippen LogP contribution in [0.15, 0.2) is 18.2 Å². The molecule has 4 N–H and O–H groups in total. The molecule has 0 aromatic heterocycles. The molecule has 4 amide bonds. The van der Waals surface area contributed by atoms with E-state index in [2.05, 4.69) is 10.6 Å². The number of hydrogen-bond acceptors (Lipinski definition) is 5. The summed E-state index contributed by atoms with van der Waals surface area (Å²) >= 11 is 0. The highest BCUT2D eigenvalue weighted by Crippen LogP contribution is 2.25. The van der Waals surface area contributed by atoms with Crippen molar-refractivity contribution in [2.24, 2.45) is 0 Å². The van der Waals surface area contributed by atoms with Crippen LogP contribution in [0.1, 0.15) is 13.8 Å². The number of methoxy groups -OCH3 is 1. The number of nitrogens with two attached hydrogens (primary N) is 1. The van der Waals surface area contributed by atoms with Crippen molar-refractivity contribution in [2.45, 2.75) is 19.4 Å². The lowest BCUT2D eigenvalue weighted by atomic mass is 10.0. The van der Waals surface area contributed by atoms with Crippen molar-refractivity contribution in [3.8, 4) is 5.75 Å². The van der Waals surface area contributed by atoms with E-state index in [-0.39, 0.29) is 19.0 Å². The molecule has 0 radical (unpaired) electrons. The lowest BCUT2D eigenvalue weighted by Crippen LogP contribution is -2.47. The van der Waals surface area contributed by atoms with Crippen LogP contribution in [0.4, 0.5) is 16.2 Å². The van der Waals surface area contributed by atoms with Crippen LogP contribution in [0.3, 0.4) is 0 Å². The number of anilines is 2. The fourth-order valence-electron chi connectivity index (χ4n) is 2.12. The van der Waals surface area contributed by atoms with Crippen LogP contribution < -0.4 is 21.1 Å². The summed E-state index contributed by atoms with van der Waals surface area (Å²) in [7, 11) is 1.50. The van der Waals surface area contributed by atoms with Gasteiger partial charge in [-0.25, -0.2) is 4.79 Å². The van der Waals surface area contributed by atoms with Gasteiger partial charge in [0.25, 0.3) is 5.91 Å². The Kier molecular flexibility index (Phi) is 5.44. The minimum atomic E-state index is -1.06. The van der Waals surface area contributed by atoms with E-state index < -0.39 is 23.4 Å². The molecule has 1 fully saturated rings. The molecule has 0 unspecified atom stereocenters. The minimum Gasteiger partial charge on any atom is -0.495 e. The first-order chi connectivity index (χ1) is 10.3. The Labute approximate surface area is 139 Å². The van der Waals surface area contributed by atoms with Crippen molar-refractivity contribution < 1.29 is 19.1 Å². The average molecular weight is 343 g/mol. The standard InChI is InChI=1S/C14H18N4O4.ClH/c1-14(2)12(20)17-13(21)18(14)7-11(19)16-8-4-5-10(22-3)9(15)6-8;/h4-6H,7,15H2,1-3H3,(H,16,19)(H,17,20,21);1H. The number of imide groups is 1. The number of amides is 4. The molecule has 1 aliphatic rings. The molecule has 2 rings (SSSR count). The third kappa shape index (κ3) is 3.65. The summed E-state index contributed by atoms with van der Waals surface area (Å²) in [6.07, 6.45) is 0. The number of rotatable bonds is 4. The first kappa shape index (κ1) is 18.6. The molecular weight excluding hydrogens is 324 g/mol. The lowest BCUT2D eigenvalue weighted by molar-refractivity contribution is -0.126. The van der Waals surface area contributed by atoms with Gasteiger partial charge in [-0.2, -0.15) is 0 Å². The second kappa shape index (κ2) is 6.74. The van der Waals surface area contributed by atoms with E-state index in [1.54, 1.807) is 32.0 Å². The Morgan fingerprint density at radius 2 is 2.04 bits per heavy atom. The molecule has 1 aromatic carbocycles. The maximum atomic E-state index is 12.1. The van der Waals surface area contributed by atoms with Crippen molar-refractivity contribution in [1.82, 2.24) is 10.2 Å². The topological polar surface area (TPSA) is 114 Å². The Bertz CT molecular complexity index is 648. The van der Waals surface area contributed by atoms with Gasteiger partial charge in [0.2, 0.25) is 5.91 Å². The highest BCUT2D eigenvalue weighted by atomic mass is 35.5. The van der Waals surface area contributed by atoms with Crippen molar-refractivity contribution in [3.05, 3.63) is 18.2 Å². The summed E-state index contributed by atoms with van der Waals surface area (Å²) in [6.45, 7) is 2.91. The highest BCUT2D eigenvalue weighted by molar-refractivity contribution is 6.08. The van der Waals surface area contributed by atoms with Gasteiger partial charge in [-0.05, 0) is 32.0 Å². The van der Waals surface area contributed by atoms with Gasteiger partial charge in [-0.1, -0.05) is 0 Å². The first-order valence-electron chi connectivity index (χ1n) is 6.62. The predicted octanol–water partition coefficient (Wildman–Crippen LogP) is 0.968. The third-order valence-corrected chi connectivity index (χ3v) is 3.51. The van der Waals surface area contributed by atoms with Crippen LogP contribution in [-0.2, 0) is 9.59 Å². The average Bonchev–Trinajstić information content (AvgIpc) is 2.62. The number of hydrogen-bond donors (Lipinski definition) is 3. The predicted molar refractivity (Wildman–Crippen MR) is 87.6 cm³/mol. The first-order valence-corrected chi connectivity index (χ1v) is 6.62. The smallest absolute Gasteiger partial charge is 0.325 e. The molecule has 1 saturated heterocycles. The molecule has 1 aromatic rings. The molecule has 1 aliphatic heterocycles. The second-order valence-corrected chi connectivity index (χ2v) is 5.41. The van der Waals surface area contributed by atoms with Crippen LogP contribution in [-0.4, -0.2) is 41.9 Å². The molecule has 0 spiro atoms. The third-order valence-electron chi connectivity index (χ3n) is 3.51. The summed E-state index contributed by atoms with van der Waals surface area (Å²) in [5.74, 6) is -0.356. The number of carbonyl (C=O) groups is 3. The van der Waals surface area contributed by atoms with Crippen LogP contribution in [0.2, 0.25) is 0 Å². The molecule has 0 atom stereocenters. The molecule has 0 saturated carbocycles. The van der Waals surface area contributed by atoms with Gasteiger partial charge in [0, 0.05) is 5.69 Å². The lowest BCUT2D eigenvalue weighted by Gasteiger charge is -2.27. The minimum absolute atomic E-state index is 0. The summed E-state index contributed by atoms with van der Waals surface area (Å²) < 4.78 is 5.03. The number of ether oxygens (including phenoxy) is 1. The normalized spacial score (nSPS) is 15.7. The van der Waals surface area contributed by atoms with Crippen molar-refractivity contribution in [1.29, 1.82) is 0 Å². The summed E-state index contributed by atoms with van der Waals surface area (Å²) in [6, 6.07) is 4.23. The van der Waals surface area contributed by atoms with Crippen molar-refractivity contribution >= 4 is 41.6 Å². The maximum Gasteiger partial charge on any atom is 0.325 e. The number of nitrogens with zero attached hydrogens (tertiary/aromatic N) is 1. The van der Waals surface area contributed by atoms with E-state index in [0.29, 0.717) is 17.1 Å². The van der Waals surface area contributed by atoms with Gasteiger partial charge < -0.3 is 20.7 Å². The zero-order valence-electron chi connectivity index (χ0n) is 13.0. The van der Waals surface area contributed by atoms with Gasteiger partial charge in [-0.15, -0.1) is 12.4 Å². The fourth-order valence-corrected chi connectivity index (χ4v) is 2.12. The van der Waals surface area contributed by atoms with Crippen molar-refractivity contribution in [2.75, 3.05) is 24.7 Å². The zero-order chi connectivity index (χ0) is 16.5. The number of nitrogen functional groups attached to an aromatic ring is 1. The Morgan fingerprint density at radius 3 is 2.52 bits per heavy atom. The van der Waals surface area contributed by atoms with E-state index >= 15 is 0 Å². The molecule has 126 valence electrons. The Balaban J connectivity index is 0.00000264. The Morgan fingerprint density at radius 1 is 1.39 bits per heavy atom. The maximum absolute atomic E-state index is 12.1. The number of nitrogens with one attached hydrogen (secondary N) is 2. The van der Waals surface area contributed by atoms with Gasteiger partial charge in [-0.3, -0.25) is 14.9 Å². The second-order valence-electron chi connectivity index (χ2n) is 5.41. The molecule has 8 nitrogen and oxygen atoms in total. The largest absolute Gasteiger partial charge is 0.495 e. The Hall–Kier alpha value is -2.48. The number of carbonyl (C=O) groups excluding carboxylic acids is 3. The van der Waals surface area contributed by atoms with Gasteiger partial charge in [0.15, 0.2) is 0 Å². The van der Waals surface area contributed by atoms with E-state index in [0.717, 1.165) is 0 Å². The summed E-state index contributed by atoms with van der Waals surface area (Å²) in [5.41, 5.74) is 5.56. The van der Waals surface area contributed by atoms with Crippen LogP contribution in [0, 0.1) is 0 Å². The number of urea groups is 1. The molecule has 1 heterocycles. The van der Waals surface area contributed by atoms with Crippen LogP contribution in [0.25, 0.3) is 0 Å². The van der Waals surface area contributed by atoms with Crippen LogP contribution >= 0.6 is 12.4 Å². The van der Waals surface area contributed by atoms with Gasteiger partial charge >= 0.3 is 6.03 Å². The number of benzene rings is 1. The summed E-state index contributed by atoms with van der Waals surface area (Å²) in [4.78, 5) is 36.6. The fraction of sp³-hybridized carbons (Fsp3) is 0.357. The quantitative estimate of drug-likeness (QED) is 0.557. The molecule has 23 heavy (non-hydrogen) atoms. The molecular formula is C14H19ClN4O4. The van der Waals surface area contributed by atoms with E-state index in [9.17, 15) is 14.4 Å². The van der Waals surface area contributed by atoms with Crippen LogP contribution in [0.5, 0.6) is 5.75 Å². The molecule has 0 bridgehead atoms. The summed E-state index contributed by atoms with van der Waals surface area (Å²) in [5, 5.41) is 4.81. The number of halogens is 1. The SMILES string of the molecule is COc1ccc(NC(=O)CN2C(=O)NC(=O)C2(C)C)cc1N.Cl. The van der Waals surface area contributed by atoms with Gasteiger partial charge in [0.1, 0.15) is 17.8 Å².